The van der Waals surface area contributed by atoms with Gasteiger partial charge >= 0.3 is 6.09 Å². The van der Waals surface area contributed by atoms with Gasteiger partial charge < -0.3 is 14.6 Å². The molecule has 2 amide bonds. The lowest BCUT2D eigenvalue weighted by atomic mass is 9.93. The summed E-state index contributed by atoms with van der Waals surface area (Å²) in [4.78, 5) is 30.5. The number of aromatic nitrogens is 3. The van der Waals surface area contributed by atoms with E-state index in [2.05, 4.69) is 99.2 Å². The Labute approximate surface area is 277 Å². The van der Waals surface area contributed by atoms with E-state index in [4.69, 9.17) is 0 Å². The van der Waals surface area contributed by atoms with Crippen LogP contribution in [0.3, 0.4) is 0 Å². The fourth-order valence-corrected chi connectivity index (χ4v) is 7.84. The van der Waals surface area contributed by atoms with Gasteiger partial charge in [0.25, 0.3) is 0 Å². The van der Waals surface area contributed by atoms with Crippen LogP contribution in [0.1, 0.15) is 105 Å². The van der Waals surface area contributed by atoms with Crippen molar-refractivity contribution < 1.29 is 14.7 Å². The zero-order chi connectivity index (χ0) is 33.1. The summed E-state index contributed by atoms with van der Waals surface area (Å²) in [7, 11) is 0. The van der Waals surface area contributed by atoms with Crippen molar-refractivity contribution in [2.24, 2.45) is 0 Å². The summed E-state index contributed by atoms with van der Waals surface area (Å²) in [5.41, 5.74) is 3.83. The van der Waals surface area contributed by atoms with Gasteiger partial charge in [-0.15, -0.1) is 10.2 Å². The summed E-state index contributed by atoms with van der Waals surface area (Å²) >= 11 is 0. The SMILES string of the molecule is Cc1nnc(C(C)C)n1C1CC2CCC(C1)N2C(=O)CC(c1ccc(NC(=O)O)cc1)N(Cc1ccccc1)C(C)c1ccccc1. The highest BCUT2D eigenvalue weighted by Gasteiger charge is 2.45. The van der Waals surface area contributed by atoms with E-state index in [9.17, 15) is 14.7 Å². The Bertz CT molecular complexity index is 1640. The predicted molar refractivity (Wildman–Crippen MR) is 183 cm³/mol. The van der Waals surface area contributed by atoms with Gasteiger partial charge in [-0.2, -0.15) is 0 Å². The third-order valence-electron chi connectivity index (χ3n) is 10.1. The van der Waals surface area contributed by atoms with Gasteiger partial charge in [0.1, 0.15) is 11.6 Å². The molecular weight excluding hydrogens is 588 g/mol. The molecule has 2 saturated heterocycles. The second-order valence-corrected chi connectivity index (χ2v) is 13.5. The number of piperidine rings is 1. The molecule has 9 heteroatoms. The van der Waals surface area contributed by atoms with Gasteiger partial charge in [-0.1, -0.05) is 86.6 Å². The summed E-state index contributed by atoms with van der Waals surface area (Å²) in [6.45, 7) is 9.22. The second-order valence-electron chi connectivity index (χ2n) is 13.5. The van der Waals surface area contributed by atoms with Crippen LogP contribution < -0.4 is 5.32 Å². The van der Waals surface area contributed by atoms with Gasteiger partial charge in [0, 0.05) is 54.8 Å². The maximum Gasteiger partial charge on any atom is 0.409 e. The van der Waals surface area contributed by atoms with E-state index >= 15 is 0 Å². The molecule has 4 unspecified atom stereocenters. The van der Waals surface area contributed by atoms with E-state index in [-0.39, 0.29) is 36.0 Å². The van der Waals surface area contributed by atoms with Crippen LogP contribution >= 0.6 is 0 Å². The average Bonchev–Trinajstić information content (AvgIpc) is 3.59. The minimum Gasteiger partial charge on any atom is -0.465 e. The van der Waals surface area contributed by atoms with Gasteiger partial charge in [-0.25, -0.2) is 4.79 Å². The van der Waals surface area contributed by atoms with Gasteiger partial charge in [0.2, 0.25) is 5.91 Å². The van der Waals surface area contributed by atoms with Crippen molar-refractivity contribution in [3.8, 4) is 0 Å². The Morgan fingerprint density at radius 1 is 0.851 bits per heavy atom. The van der Waals surface area contributed by atoms with Gasteiger partial charge in [0.05, 0.1) is 0 Å². The van der Waals surface area contributed by atoms with E-state index in [1.165, 1.54) is 11.1 Å². The number of aryl methyl sites for hydroxylation is 1. The van der Waals surface area contributed by atoms with E-state index < -0.39 is 6.09 Å². The number of nitrogens with zero attached hydrogens (tertiary/aromatic N) is 5. The maximum absolute atomic E-state index is 14.6. The molecule has 0 spiro atoms. The molecule has 0 radical (unpaired) electrons. The minimum absolute atomic E-state index is 0.0136. The summed E-state index contributed by atoms with van der Waals surface area (Å²) in [5.74, 6) is 2.44. The molecule has 4 atom stereocenters. The number of carbonyl (C=O) groups is 2. The lowest BCUT2D eigenvalue weighted by molar-refractivity contribution is -0.138. The average molecular weight is 635 g/mol. The summed E-state index contributed by atoms with van der Waals surface area (Å²) < 4.78 is 2.33. The molecule has 4 aromatic rings. The lowest BCUT2D eigenvalue weighted by Gasteiger charge is -2.42. The van der Waals surface area contributed by atoms with Gasteiger partial charge in [0.15, 0.2) is 0 Å². The highest BCUT2D eigenvalue weighted by molar-refractivity contribution is 5.83. The molecule has 2 N–H and O–H groups in total. The molecule has 246 valence electrons. The first-order valence-corrected chi connectivity index (χ1v) is 16.9. The van der Waals surface area contributed by atoms with Crippen LogP contribution in [-0.2, 0) is 11.3 Å². The Morgan fingerprint density at radius 2 is 1.47 bits per heavy atom. The normalized spacial score (nSPS) is 20.4. The van der Waals surface area contributed by atoms with E-state index in [0.29, 0.717) is 24.7 Å². The zero-order valence-electron chi connectivity index (χ0n) is 27.8. The zero-order valence-corrected chi connectivity index (χ0v) is 27.8. The van der Waals surface area contributed by atoms with Crippen LogP contribution in [0.15, 0.2) is 84.9 Å². The molecular formula is C38H46N6O3. The van der Waals surface area contributed by atoms with E-state index in [1.807, 2.05) is 31.2 Å². The molecule has 47 heavy (non-hydrogen) atoms. The standard InChI is InChI=1S/C38H46N6O3/c1-25(2)37-41-40-27(4)43(37)34-21-32-19-20-33(22-34)44(32)36(45)23-35(30-15-17-31(18-16-30)39-38(46)47)42(24-28-11-7-5-8-12-28)26(3)29-13-9-6-10-14-29/h5-18,25-26,32-35,39H,19-24H2,1-4H3,(H,46,47). The lowest BCUT2D eigenvalue weighted by Crippen LogP contribution is -2.48. The molecule has 2 aliphatic rings. The Kier molecular flexibility index (Phi) is 9.73. The number of rotatable bonds is 11. The number of carboxylic acid groups (broad SMARTS) is 1. The smallest absolute Gasteiger partial charge is 0.409 e. The van der Waals surface area contributed by atoms with Crippen LogP contribution in [0.4, 0.5) is 10.5 Å². The first-order valence-electron chi connectivity index (χ1n) is 16.9. The molecule has 2 fully saturated rings. The predicted octanol–water partition coefficient (Wildman–Crippen LogP) is 7.89. The van der Waals surface area contributed by atoms with Crippen LogP contribution in [0.5, 0.6) is 0 Å². The monoisotopic (exact) mass is 634 g/mol. The number of amides is 2. The first-order chi connectivity index (χ1) is 22.7. The van der Waals surface area contributed by atoms with Crippen molar-refractivity contribution in [3.63, 3.8) is 0 Å². The molecule has 9 nitrogen and oxygen atoms in total. The van der Waals surface area contributed by atoms with Crippen LogP contribution in [-0.4, -0.2) is 53.8 Å². The highest BCUT2D eigenvalue weighted by atomic mass is 16.4. The van der Waals surface area contributed by atoms with Gasteiger partial charge in [-0.3, -0.25) is 15.0 Å². The second kappa shape index (κ2) is 14.1. The molecule has 2 aliphatic heterocycles. The third kappa shape index (κ3) is 7.10. The van der Waals surface area contributed by atoms with Crippen molar-refractivity contribution >= 4 is 17.7 Å². The summed E-state index contributed by atoms with van der Waals surface area (Å²) in [6, 6.07) is 28.8. The Hall–Kier alpha value is -4.50. The van der Waals surface area contributed by atoms with Crippen LogP contribution in [0.2, 0.25) is 0 Å². The number of carbonyl (C=O) groups excluding carboxylic acids is 1. The van der Waals surface area contributed by atoms with Crippen molar-refractivity contribution in [2.75, 3.05) is 5.32 Å². The van der Waals surface area contributed by atoms with Crippen molar-refractivity contribution in [1.29, 1.82) is 0 Å². The van der Waals surface area contributed by atoms with Gasteiger partial charge in [-0.05, 0) is 68.4 Å². The minimum atomic E-state index is -1.10. The van der Waals surface area contributed by atoms with Crippen LogP contribution in [0, 0.1) is 6.92 Å². The number of anilines is 1. The maximum atomic E-state index is 14.6. The van der Waals surface area contributed by atoms with E-state index in [1.54, 1.807) is 12.1 Å². The largest absolute Gasteiger partial charge is 0.465 e. The number of nitrogens with one attached hydrogen (secondary N) is 1. The molecule has 0 aliphatic carbocycles. The third-order valence-corrected chi connectivity index (χ3v) is 10.1. The number of benzene rings is 3. The fourth-order valence-electron chi connectivity index (χ4n) is 7.84. The molecule has 6 rings (SSSR count). The van der Waals surface area contributed by atoms with Crippen molar-refractivity contribution in [2.45, 2.75) is 102 Å². The Morgan fingerprint density at radius 3 is 2.06 bits per heavy atom. The van der Waals surface area contributed by atoms with Crippen LogP contribution in [0.25, 0.3) is 0 Å². The molecule has 0 saturated carbocycles. The summed E-state index contributed by atoms with van der Waals surface area (Å²) in [6.07, 6.45) is 3.08. The highest BCUT2D eigenvalue weighted by Crippen LogP contribution is 2.44. The molecule has 2 bridgehead atoms. The summed E-state index contributed by atoms with van der Waals surface area (Å²) in [5, 5.41) is 20.6. The fraction of sp³-hybridized carbons (Fsp3) is 0.421. The topological polar surface area (TPSA) is 104 Å². The Balaban J connectivity index is 1.32. The number of fused-ring (bicyclic) bond motifs is 2. The quantitative estimate of drug-likeness (QED) is 0.174. The van der Waals surface area contributed by atoms with E-state index in [0.717, 1.165) is 42.9 Å². The molecule has 1 aromatic heterocycles. The molecule has 3 heterocycles. The first kappa shape index (κ1) is 32.4. The molecule has 3 aromatic carbocycles. The number of hydrogen-bond acceptors (Lipinski definition) is 5. The van der Waals surface area contributed by atoms with Crippen molar-refractivity contribution in [3.05, 3.63) is 113 Å². The number of hydrogen-bond donors (Lipinski definition) is 2. The van der Waals surface area contributed by atoms with Crippen molar-refractivity contribution in [1.82, 2.24) is 24.6 Å².